The Bertz CT molecular complexity index is 390. The van der Waals surface area contributed by atoms with Crippen LogP contribution < -0.4 is 4.90 Å². The van der Waals surface area contributed by atoms with Gasteiger partial charge in [-0.15, -0.1) is 0 Å². The average molecular weight is 224 g/mol. The third-order valence-electron chi connectivity index (χ3n) is 1.97. The van der Waals surface area contributed by atoms with Crippen LogP contribution in [0.3, 0.4) is 0 Å². The molecule has 0 amide bonds. The predicted molar refractivity (Wildman–Crippen MR) is 56.5 cm³/mol. The summed E-state index contributed by atoms with van der Waals surface area (Å²) in [6.45, 7) is 0.976. The van der Waals surface area contributed by atoms with Crippen molar-refractivity contribution in [2.75, 3.05) is 18.0 Å². The highest BCUT2D eigenvalue weighted by Gasteiger charge is 2.15. The summed E-state index contributed by atoms with van der Waals surface area (Å²) >= 11 is 0. The van der Waals surface area contributed by atoms with Gasteiger partial charge in [0.1, 0.15) is 13.1 Å². The molecule has 6 nitrogen and oxygen atoms in total. The van der Waals surface area contributed by atoms with Gasteiger partial charge in [-0.1, -0.05) is 0 Å². The van der Waals surface area contributed by atoms with E-state index < -0.39 is 11.9 Å². The van der Waals surface area contributed by atoms with Gasteiger partial charge >= 0.3 is 11.9 Å². The van der Waals surface area contributed by atoms with Crippen molar-refractivity contribution in [3.63, 3.8) is 0 Å². The van der Waals surface area contributed by atoms with E-state index in [-0.39, 0.29) is 13.1 Å². The third-order valence-corrected chi connectivity index (χ3v) is 1.97. The minimum Gasteiger partial charge on any atom is -0.480 e. The lowest BCUT2D eigenvalue weighted by Crippen LogP contribution is -2.35. The maximum Gasteiger partial charge on any atom is 0.323 e. The minimum atomic E-state index is -1.08. The second-order valence-electron chi connectivity index (χ2n) is 3.25. The first-order valence-electron chi connectivity index (χ1n) is 4.61. The maximum absolute atomic E-state index is 10.6. The largest absolute Gasteiger partial charge is 0.480 e. The van der Waals surface area contributed by atoms with Crippen LogP contribution in [0.25, 0.3) is 0 Å². The number of hydrogen-bond donors (Lipinski definition) is 2. The van der Waals surface area contributed by atoms with Crippen molar-refractivity contribution in [2.45, 2.75) is 6.92 Å². The van der Waals surface area contributed by atoms with E-state index in [0.717, 1.165) is 0 Å². The first-order valence-corrected chi connectivity index (χ1v) is 4.61. The van der Waals surface area contributed by atoms with E-state index in [2.05, 4.69) is 4.98 Å². The van der Waals surface area contributed by atoms with E-state index in [0.29, 0.717) is 11.4 Å². The lowest BCUT2D eigenvalue weighted by atomic mass is 10.2. The number of carboxylic acid groups (broad SMARTS) is 2. The molecule has 0 saturated carbocycles. The summed E-state index contributed by atoms with van der Waals surface area (Å²) in [5.41, 5.74) is 1.12. The van der Waals surface area contributed by atoms with Crippen LogP contribution in [0, 0.1) is 6.92 Å². The van der Waals surface area contributed by atoms with Crippen molar-refractivity contribution in [2.24, 2.45) is 0 Å². The van der Waals surface area contributed by atoms with E-state index in [1.165, 1.54) is 4.90 Å². The first-order chi connectivity index (χ1) is 7.50. The second kappa shape index (κ2) is 5.11. The minimum absolute atomic E-state index is 0.362. The molecule has 0 fully saturated rings. The summed E-state index contributed by atoms with van der Waals surface area (Å²) in [5.74, 6) is -2.16. The van der Waals surface area contributed by atoms with Gasteiger partial charge in [-0.05, 0) is 19.1 Å². The fourth-order valence-corrected chi connectivity index (χ4v) is 1.36. The molecule has 0 aliphatic carbocycles. The molecule has 86 valence electrons. The summed E-state index contributed by atoms with van der Waals surface area (Å²) in [4.78, 5) is 26.5. The molecular formula is C10H12N2O4. The number of aliphatic carboxylic acids is 2. The molecule has 0 aromatic carbocycles. The van der Waals surface area contributed by atoms with Gasteiger partial charge in [-0.3, -0.25) is 14.6 Å². The van der Waals surface area contributed by atoms with Gasteiger partial charge in [0.05, 0.1) is 11.4 Å². The number of nitrogens with zero attached hydrogens (tertiary/aromatic N) is 2. The molecule has 0 aliphatic heterocycles. The van der Waals surface area contributed by atoms with E-state index in [9.17, 15) is 9.59 Å². The zero-order chi connectivity index (χ0) is 12.1. The highest BCUT2D eigenvalue weighted by atomic mass is 16.4. The summed E-state index contributed by atoms with van der Waals surface area (Å²) < 4.78 is 0. The molecule has 16 heavy (non-hydrogen) atoms. The highest BCUT2D eigenvalue weighted by Crippen LogP contribution is 2.16. The molecule has 1 rings (SSSR count). The Labute approximate surface area is 92.1 Å². The molecule has 1 heterocycles. The Balaban J connectivity index is 2.96. The van der Waals surface area contributed by atoms with Crippen LogP contribution in [-0.2, 0) is 9.59 Å². The standard InChI is InChI=1S/C10H12N2O4/c1-7-8(3-2-4-11-7)12(5-9(13)14)6-10(15)16/h2-4H,5-6H2,1H3,(H,13,14)(H,15,16). The Morgan fingerprint density at radius 3 is 2.31 bits per heavy atom. The SMILES string of the molecule is Cc1ncccc1N(CC(=O)O)CC(=O)O. The van der Waals surface area contributed by atoms with Crippen LogP contribution in [0.2, 0.25) is 0 Å². The normalized spacial score (nSPS) is 9.81. The fourth-order valence-electron chi connectivity index (χ4n) is 1.36. The monoisotopic (exact) mass is 224 g/mol. The molecule has 1 aromatic heterocycles. The predicted octanol–water partition coefficient (Wildman–Crippen LogP) is 0.366. The molecule has 0 aliphatic rings. The van der Waals surface area contributed by atoms with Gasteiger partial charge in [-0.2, -0.15) is 0 Å². The van der Waals surface area contributed by atoms with E-state index >= 15 is 0 Å². The Hall–Kier alpha value is -2.11. The van der Waals surface area contributed by atoms with E-state index in [1.807, 2.05) is 0 Å². The number of carboxylic acids is 2. The van der Waals surface area contributed by atoms with Crippen LogP contribution in [-0.4, -0.2) is 40.2 Å². The van der Waals surface area contributed by atoms with Gasteiger partial charge in [0.25, 0.3) is 0 Å². The van der Waals surface area contributed by atoms with Gasteiger partial charge < -0.3 is 15.1 Å². The molecule has 2 N–H and O–H groups in total. The number of aromatic nitrogens is 1. The van der Waals surface area contributed by atoms with Gasteiger partial charge in [-0.25, -0.2) is 0 Å². The second-order valence-corrected chi connectivity index (χ2v) is 3.25. The van der Waals surface area contributed by atoms with Crippen molar-refractivity contribution in [1.29, 1.82) is 0 Å². The number of anilines is 1. The van der Waals surface area contributed by atoms with Gasteiger partial charge in [0.15, 0.2) is 0 Å². The Morgan fingerprint density at radius 1 is 1.31 bits per heavy atom. The van der Waals surface area contributed by atoms with Crippen LogP contribution in [0.15, 0.2) is 18.3 Å². The summed E-state index contributed by atoms with van der Waals surface area (Å²) in [5, 5.41) is 17.4. The van der Waals surface area contributed by atoms with Gasteiger partial charge in [0.2, 0.25) is 0 Å². The number of aryl methyl sites for hydroxylation is 1. The number of carbonyl (C=O) groups is 2. The van der Waals surface area contributed by atoms with E-state index in [4.69, 9.17) is 10.2 Å². The number of hydrogen-bond acceptors (Lipinski definition) is 4. The molecule has 0 bridgehead atoms. The average Bonchev–Trinajstić information content (AvgIpc) is 2.15. The van der Waals surface area contributed by atoms with E-state index in [1.54, 1.807) is 25.3 Å². The van der Waals surface area contributed by atoms with Gasteiger partial charge in [0, 0.05) is 6.20 Å². The molecular weight excluding hydrogens is 212 g/mol. The first kappa shape index (κ1) is 12.0. The summed E-state index contributed by atoms with van der Waals surface area (Å²) in [6.07, 6.45) is 1.57. The fraction of sp³-hybridized carbons (Fsp3) is 0.300. The lowest BCUT2D eigenvalue weighted by molar-refractivity contribution is -0.136. The summed E-state index contributed by atoms with van der Waals surface area (Å²) in [6, 6.07) is 3.28. The molecule has 0 atom stereocenters. The van der Waals surface area contributed by atoms with Crippen LogP contribution >= 0.6 is 0 Å². The molecule has 6 heteroatoms. The molecule has 1 aromatic rings. The smallest absolute Gasteiger partial charge is 0.323 e. The van der Waals surface area contributed by atoms with Crippen LogP contribution in [0.5, 0.6) is 0 Å². The van der Waals surface area contributed by atoms with Crippen molar-refractivity contribution < 1.29 is 19.8 Å². The molecule has 0 spiro atoms. The maximum atomic E-state index is 10.6. The zero-order valence-electron chi connectivity index (χ0n) is 8.75. The quantitative estimate of drug-likeness (QED) is 0.750. The van der Waals surface area contributed by atoms with Crippen molar-refractivity contribution >= 4 is 17.6 Å². The third kappa shape index (κ3) is 3.23. The highest BCUT2D eigenvalue weighted by molar-refractivity contribution is 5.79. The molecule has 0 unspecified atom stereocenters. The van der Waals surface area contributed by atoms with Crippen LogP contribution in [0.4, 0.5) is 5.69 Å². The molecule has 0 saturated heterocycles. The van der Waals surface area contributed by atoms with Crippen molar-refractivity contribution in [1.82, 2.24) is 4.98 Å². The molecule has 0 radical (unpaired) electrons. The van der Waals surface area contributed by atoms with Crippen molar-refractivity contribution in [3.8, 4) is 0 Å². The Kier molecular flexibility index (Phi) is 3.82. The summed E-state index contributed by atoms with van der Waals surface area (Å²) in [7, 11) is 0. The lowest BCUT2D eigenvalue weighted by Gasteiger charge is -2.21. The Morgan fingerprint density at radius 2 is 1.88 bits per heavy atom. The zero-order valence-corrected chi connectivity index (χ0v) is 8.75. The van der Waals surface area contributed by atoms with Crippen LogP contribution in [0.1, 0.15) is 5.69 Å². The van der Waals surface area contributed by atoms with Crippen molar-refractivity contribution in [3.05, 3.63) is 24.0 Å². The number of rotatable bonds is 5. The number of pyridine rings is 1. The topological polar surface area (TPSA) is 90.7 Å².